The van der Waals surface area contributed by atoms with Crippen molar-refractivity contribution in [1.29, 1.82) is 0 Å². The topological polar surface area (TPSA) is 38.7 Å². The molecule has 0 aliphatic carbocycles. The summed E-state index contributed by atoms with van der Waals surface area (Å²) in [7, 11) is 0. The van der Waals surface area contributed by atoms with Crippen molar-refractivity contribution in [3.05, 3.63) is 77.5 Å². The lowest BCUT2D eigenvalue weighted by Crippen LogP contribution is -1.98. The van der Waals surface area contributed by atoms with Crippen LogP contribution in [0.2, 0.25) is 0 Å². The fourth-order valence-electron chi connectivity index (χ4n) is 3.06. The van der Waals surface area contributed by atoms with Gasteiger partial charge >= 0.3 is 0 Å². The van der Waals surface area contributed by atoms with Crippen LogP contribution in [0.5, 0.6) is 0 Å². The zero-order chi connectivity index (χ0) is 17.4. The lowest BCUT2D eigenvalue weighted by Gasteiger charge is -2.12. The summed E-state index contributed by atoms with van der Waals surface area (Å²) in [6.45, 7) is 6.21. The highest BCUT2D eigenvalue weighted by Crippen LogP contribution is 2.31. The van der Waals surface area contributed by atoms with Crippen molar-refractivity contribution in [3.8, 4) is 22.8 Å². The second-order valence-electron chi connectivity index (χ2n) is 6.40. The molecule has 0 saturated carbocycles. The van der Waals surface area contributed by atoms with Crippen LogP contribution in [0.3, 0.4) is 0 Å². The molecule has 4 rings (SSSR count). The van der Waals surface area contributed by atoms with Crippen molar-refractivity contribution < 1.29 is 0 Å². The van der Waals surface area contributed by atoms with Crippen LogP contribution in [-0.4, -0.2) is 15.0 Å². The van der Waals surface area contributed by atoms with Gasteiger partial charge in [-0.2, -0.15) is 0 Å². The minimum atomic E-state index is 0.665. The van der Waals surface area contributed by atoms with E-state index in [1.807, 2.05) is 43.3 Å². The molecule has 25 heavy (non-hydrogen) atoms. The van der Waals surface area contributed by atoms with E-state index in [-0.39, 0.29) is 0 Å². The number of aryl methyl sites for hydroxylation is 3. The average molecular weight is 325 g/mol. The van der Waals surface area contributed by atoms with Crippen LogP contribution in [0.25, 0.3) is 33.7 Å². The molecule has 0 aliphatic rings. The van der Waals surface area contributed by atoms with Gasteiger partial charge in [0.15, 0.2) is 5.82 Å². The number of rotatable bonds is 2. The maximum Gasteiger partial charge on any atom is 0.179 e. The smallest absolute Gasteiger partial charge is 0.179 e. The van der Waals surface area contributed by atoms with Crippen LogP contribution < -0.4 is 0 Å². The Kier molecular flexibility index (Phi) is 3.77. The summed E-state index contributed by atoms with van der Waals surface area (Å²) in [6, 6.07) is 20.6. The number of hydrogen-bond donors (Lipinski definition) is 0. The Morgan fingerprint density at radius 1 is 0.720 bits per heavy atom. The third-order valence-electron chi connectivity index (χ3n) is 4.37. The lowest BCUT2D eigenvalue weighted by atomic mass is 9.99. The highest BCUT2D eigenvalue weighted by Gasteiger charge is 2.13. The second kappa shape index (κ2) is 6.10. The maximum atomic E-state index is 4.91. The highest BCUT2D eigenvalue weighted by molar-refractivity contribution is 5.94. The summed E-state index contributed by atoms with van der Waals surface area (Å²) >= 11 is 0. The summed E-state index contributed by atoms with van der Waals surface area (Å²) in [5, 5.41) is 1.06. The van der Waals surface area contributed by atoms with Gasteiger partial charge in [-0.1, -0.05) is 42.0 Å². The number of benzene rings is 2. The SMILES string of the molecule is Cc1ccc(C)c(-c2nc(-c3cccc(C)n3)nc3ccccc23)c1. The first-order chi connectivity index (χ1) is 12.1. The molecule has 3 heteroatoms. The molecule has 0 N–H and O–H groups in total. The summed E-state index contributed by atoms with van der Waals surface area (Å²) in [6.07, 6.45) is 0. The zero-order valence-electron chi connectivity index (χ0n) is 14.6. The molecule has 0 saturated heterocycles. The molecule has 0 atom stereocenters. The van der Waals surface area contributed by atoms with Crippen LogP contribution in [0.15, 0.2) is 60.7 Å². The second-order valence-corrected chi connectivity index (χ2v) is 6.40. The van der Waals surface area contributed by atoms with Crippen LogP contribution >= 0.6 is 0 Å². The van der Waals surface area contributed by atoms with Gasteiger partial charge in [-0.05, 0) is 50.6 Å². The van der Waals surface area contributed by atoms with Gasteiger partial charge in [0.05, 0.1) is 11.2 Å². The molecule has 0 bridgehead atoms. The van der Waals surface area contributed by atoms with Crippen molar-refractivity contribution >= 4 is 10.9 Å². The molecule has 2 aromatic carbocycles. The Hall–Kier alpha value is -3.07. The quantitative estimate of drug-likeness (QED) is 0.503. The summed E-state index contributed by atoms with van der Waals surface area (Å²) in [5.74, 6) is 0.665. The van der Waals surface area contributed by atoms with E-state index in [0.717, 1.165) is 33.5 Å². The number of pyridine rings is 1. The van der Waals surface area contributed by atoms with E-state index >= 15 is 0 Å². The minimum Gasteiger partial charge on any atom is -0.250 e. The average Bonchev–Trinajstić information content (AvgIpc) is 2.63. The molecule has 0 fully saturated rings. The molecular weight excluding hydrogens is 306 g/mol. The van der Waals surface area contributed by atoms with Gasteiger partial charge in [0.2, 0.25) is 0 Å². The number of nitrogens with zero attached hydrogens (tertiary/aromatic N) is 3. The first kappa shape index (κ1) is 15.5. The van der Waals surface area contributed by atoms with Gasteiger partial charge in [-0.15, -0.1) is 0 Å². The van der Waals surface area contributed by atoms with Gasteiger partial charge in [0, 0.05) is 16.6 Å². The number of aromatic nitrogens is 3. The molecule has 0 spiro atoms. The van der Waals surface area contributed by atoms with Crippen LogP contribution in [0.4, 0.5) is 0 Å². The summed E-state index contributed by atoms with van der Waals surface area (Å²) in [5.41, 5.74) is 7.24. The normalized spacial score (nSPS) is 11.0. The van der Waals surface area contributed by atoms with Crippen molar-refractivity contribution in [2.24, 2.45) is 0 Å². The first-order valence-electron chi connectivity index (χ1n) is 8.40. The number of fused-ring (bicyclic) bond motifs is 1. The molecule has 122 valence electrons. The van der Waals surface area contributed by atoms with Crippen LogP contribution in [-0.2, 0) is 0 Å². The molecule has 4 aromatic rings. The maximum absolute atomic E-state index is 4.91. The van der Waals surface area contributed by atoms with Gasteiger partial charge in [0.25, 0.3) is 0 Å². The molecule has 0 aliphatic heterocycles. The van der Waals surface area contributed by atoms with E-state index in [1.165, 1.54) is 11.1 Å². The fourth-order valence-corrected chi connectivity index (χ4v) is 3.06. The molecule has 2 heterocycles. The van der Waals surface area contributed by atoms with Crippen molar-refractivity contribution in [1.82, 2.24) is 15.0 Å². The Morgan fingerprint density at radius 2 is 1.56 bits per heavy atom. The minimum absolute atomic E-state index is 0.665. The zero-order valence-corrected chi connectivity index (χ0v) is 14.6. The highest BCUT2D eigenvalue weighted by atomic mass is 14.9. The first-order valence-corrected chi connectivity index (χ1v) is 8.40. The van der Waals surface area contributed by atoms with E-state index < -0.39 is 0 Å². The van der Waals surface area contributed by atoms with E-state index in [2.05, 4.69) is 43.1 Å². The summed E-state index contributed by atoms with van der Waals surface area (Å²) < 4.78 is 0. The predicted octanol–water partition coefficient (Wildman–Crippen LogP) is 5.28. The molecule has 2 aromatic heterocycles. The van der Waals surface area contributed by atoms with Crippen molar-refractivity contribution in [3.63, 3.8) is 0 Å². The fraction of sp³-hybridized carbons (Fsp3) is 0.136. The van der Waals surface area contributed by atoms with E-state index in [0.29, 0.717) is 5.82 Å². The molecule has 0 unspecified atom stereocenters. The third-order valence-corrected chi connectivity index (χ3v) is 4.37. The van der Waals surface area contributed by atoms with E-state index in [1.54, 1.807) is 0 Å². The van der Waals surface area contributed by atoms with Crippen molar-refractivity contribution in [2.45, 2.75) is 20.8 Å². The Balaban J connectivity index is 2.04. The monoisotopic (exact) mass is 325 g/mol. The Labute approximate surface area is 147 Å². The number of para-hydroxylation sites is 1. The van der Waals surface area contributed by atoms with Gasteiger partial charge in [-0.25, -0.2) is 15.0 Å². The molecule has 0 amide bonds. The lowest BCUT2D eigenvalue weighted by molar-refractivity contribution is 1.14. The van der Waals surface area contributed by atoms with Gasteiger partial charge < -0.3 is 0 Å². The molecular formula is C22H19N3. The van der Waals surface area contributed by atoms with Gasteiger partial charge in [0.1, 0.15) is 5.69 Å². The Bertz CT molecular complexity index is 1080. The van der Waals surface area contributed by atoms with E-state index in [9.17, 15) is 0 Å². The van der Waals surface area contributed by atoms with E-state index in [4.69, 9.17) is 9.97 Å². The van der Waals surface area contributed by atoms with Crippen LogP contribution in [0.1, 0.15) is 16.8 Å². The largest absolute Gasteiger partial charge is 0.250 e. The summed E-state index contributed by atoms with van der Waals surface area (Å²) in [4.78, 5) is 14.3. The van der Waals surface area contributed by atoms with Crippen LogP contribution in [0, 0.1) is 20.8 Å². The Morgan fingerprint density at radius 3 is 2.40 bits per heavy atom. The van der Waals surface area contributed by atoms with Gasteiger partial charge in [-0.3, -0.25) is 0 Å². The molecule has 3 nitrogen and oxygen atoms in total. The third kappa shape index (κ3) is 2.89. The van der Waals surface area contributed by atoms with Crippen molar-refractivity contribution in [2.75, 3.05) is 0 Å². The predicted molar refractivity (Wildman–Crippen MR) is 102 cm³/mol. The number of hydrogen-bond acceptors (Lipinski definition) is 3. The molecule has 0 radical (unpaired) electrons. The standard InChI is InChI=1S/C22H19N3/c1-14-11-12-15(2)18(13-14)21-17-8-4-5-9-19(17)24-22(25-21)20-10-6-7-16(3)23-20/h4-13H,1-3H3.